The highest BCUT2D eigenvalue weighted by Crippen LogP contribution is 2.33. The van der Waals surface area contributed by atoms with Crippen molar-refractivity contribution in [3.8, 4) is 0 Å². The molecule has 1 aromatic carbocycles. The zero-order valence-corrected chi connectivity index (χ0v) is 15.1. The van der Waals surface area contributed by atoms with Gasteiger partial charge in [-0.1, -0.05) is 41.3 Å². The predicted molar refractivity (Wildman–Crippen MR) is 96.5 cm³/mol. The summed E-state index contributed by atoms with van der Waals surface area (Å²) in [5.74, 6) is 0.510. The van der Waals surface area contributed by atoms with Crippen LogP contribution in [0.15, 0.2) is 28.6 Å². The fourth-order valence-electron chi connectivity index (χ4n) is 2.71. The standard InChI is InChI=1S/C16H20N4OS2/c1-10(2)17-15-18-19-16(23-15)22-9-14(21)20-11(3)8-12-6-4-5-7-13(12)20/h4-7,10-11H,8-9H2,1-3H3,(H,17,18). The molecule has 7 heteroatoms. The van der Waals surface area contributed by atoms with E-state index in [4.69, 9.17) is 0 Å². The summed E-state index contributed by atoms with van der Waals surface area (Å²) in [6.07, 6.45) is 0.924. The average Bonchev–Trinajstić information content (AvgIpc) is 3.07. The Morgan fingerprint density at radius 1 is 1.43 bits per heavy atom. The third-order valence-corrected chi connectivity index (χ3v) is 5.59. The van der Waals surface area contributed by atoms with Crippen LogP contribution in [0.25, 0.3) is 0 Å². The fraction of sp³-hybridized carbons (Fsp3) is 0.438. The second-order valence-electron chi connectivity index (χ2n) is 5.91. The van der Waals surface area contributed by atoms with Crippen LogP contribution in [0.1, 0.15) is 26.3 Å². The quantitative estimate of drug-likeness (QED) is 0.839. The molecular formula is C16H20N4OS2. The molecule has 1 N–H and O–H groups in total. The molecule has 0 aliphatic carbocycles. The van der Waals surface area contributed by atoms with Crippen molar-refractivity contribution in [1.29, 1.82) is 0 Å². The van der Waals surface area contributed by atoms with Crippen molar-refractivity contribution in [3.05, 3.63) is 29.8 Å². The van der Waals surface area contributed by atoms with E-state index < -0.39 is 0 Å². The van der Waals surface area contributed by atoms with E-state index in [9.17, 15) is 4.79 Å². The number of amides is 1. The van der Waals surface area contributed by atoms with E-state index in [-0.39, 0.29) is 11.9 Å². The predicted octanol–water partition coefficient (Wildman–Crippen LogP) is 3.43. The van der Waals surface area contributed by atoms with Gasteiger partial charge in [-0.15, -0.1) is 10.2 Å². The molecule has 0 saturated heterocycles. The SMILES string of the molecule is CC(C)Nc1nnc(SCC(=O)N2c3ccccc3CC2C)s1. The minimum atomic E-state index is 0.126. The van der Waals surface area contributed by atoms with Gasteiger partial charge in [0.2, 0.25) is 11.0 Å². The molecule has 0 saturated carbocycles. The zero-order valence-electron chi connectivity index (χ0n) is 13.4. The molecule has 0 fully saturated rings. The van der Waals surface area contributed by atoms with Crippen LogP contribution in [-0.2, 0) is 11.2 Å². The molecule has 1 aliphatic heterocycles. The second kappa shape index (κ2) is 6.88. The lowest BCUT2D eigenvalue weighted by Gasteiger charge is -2.22. The number of thioether (sulfide) groups is 1. The van der Waals surface area contributed by atoms with E-state index in [1.54, 1.807) is 0 Å². The number of fused-ring (bicyclic) bond motifs is 1. The minimum Gasteiger partial charge on any atom is -0.358 e. The van der Waals surface area contributed by atoms with E-state index in [1.807, 2.05) is 23.1 Å². The van der Waals surface area contributed by atoms with Crippen molar-refractivity contribution in [2.24, 2.45) is 0 Å². The number of hydrogen-bond acceptors (Lipinski definition) is 6. The number of carbonyl (C=O) groups is 1. The Balaban J connectivity index is 1.63. The molecule has 0 radical (unpaired) electrons. The molecular weight excluding hydrogens is 328 g/mol. The molecule has 1 atom stereocenters. The first-order valence-corrected chi connectivity index (χ1v) is 9.47. The van der Waals surface area contributed by atoms with Crippen molar-refractivity contribution in [2.45, 2.75) is 43.6 Å². The van der Waals surface area contributed by atoms with Crippen molar-refractivity contribution >= 4 is 39.8 Å². The Morgan fingerprint density at radius 2 is 2.22 bits per heavy atom. The van der Waals surface area contributed by atoms with Gasteiger partial charge in [-0.25, -0.2) is 0 Å². The van der Waals surface area contributed by atoms with Crippen molar-refractivity contribution in [1.82, 2.24) is 10.2 Å². The highest BCUT2D eigenvalue weighted by atomic mass is 32.2. The van der Waals surface area contributed by atoms with Gasteiger partial charge in [-0.05, 0) is 38.8 Å². The van der Waals surface area contributed by atoms with Gasteiger partial charge in [-0.2, -0.15) is 0 Å². The topological polar surface area (TPSA) is 58.1 Å². The molecule has 2 aromatic rings. The maximum absolute atomic E-state index is 12.6. The molecule has 5 nitrogen and oxygen atoms in total. The largest absolute Gasteiger partial charge is 0.358 e. The molecule has 122 valence electrons. The first-order valence-electron chi connectivity index (χ1n) is 7.67. The summed E-state index contributed by atoms with van der Waals surface area (Å²) in [5.41, 5.74) is 2.29. The maximum atomic E-state index is 12.6. The number of nitrogens with zero attached hydrogens (tertiary/aromatic N) is 3. The summed E-state index contributed by atoms with van der Waals surface area (Å²) in [5, 5.41) is 12.2. The monoisotopic (exact) mass is 348 g/mol. The van der Waals surface area contributed by atoms with Crippen LogP contribution in [0.5, 0.6) is 0 Å². The summed E-state index contributed by atoms with van der Waals surface area (Å²) >= 11 is 2.94. The Kier molecular flexibility index (Phi) is 4.87. The van der Waals surface area contributed by atoms with Crippen molar-refractivity contribution < 1.29 is 4.79 Å². The molecule has 0 bridgehead atoms. The van der Waals surface area contributed by atoms with Crippen LogP contribution >= 0.6 is 23.1 Å². The number of hydrogen-bond donors (Lipinski definition) is 1. The van der Waals surface area contributed by atoms with Crippen LogP contribution in [0.2, 0.25) is 0 Å². The van der Waals surface area contributed by atoms with E-state index in [2.05, 4.69) is 42.4 Å². The molecule has 1 unspecified atom stereocenters. The fourth-order valence-corrected chi connectivity index (χ4v) is 4.47. The molecule has 1 aliphatic rings. The second-order valence-corrected chi connectivity index (χ2v) is 8.11. The molecule has 3 rings (SSSR count). The number of aromatic nitrogens is 2. The number of benzene rings is 1. The minimum absolute atomic E-state index is 0.126. The van der Waals surface area contributed by atoms with Gasteiger partial charge in [-0.3, -0.25) is 4.79 Å². The average molecular weight is 348 g/mol. The van der Waals surface area contributed by atoms with Gasteiger partial charge in [0.25, 0.3) is 0 Å². The molecule has 0 spiro atoms. The highest BCUT2D eigenvalue weighted by molar-refractivity contribution is 8.01. The van der Waals surface area contributed by atoms with E-state index >= 15 is 0 Å². The smallest absolute Gasteiger partial charge is 0.237 e. The van der Waals surface area contributed by atoms with Gasteiger partial charge in [0.1, 0.15) is 0 Å². The Morgan fingerprint density at radius 3 is 3.00 bits per heavy atom. The van der Waals surface area contributed by atoms with Gasteiger partial charge >= 0.3 is 0 Å². The van der Waals surface area contributed by atoms with Gasteiger partial charge in [0, 0.05) is 17.8 Å². The third kappa shape index (κ3) is 3.67. The number of nitrogens with one attached hydrogen (secondary N) is 1. The highest BCUT2D eigenvalue weighted by Gasteiger charge is 2.30. The number of anilines is 2. The van der Waals surface area contributed by atoms with Crippen molar-refractivity contribution in [3.63, 3.8) is 0 Å². The lowest BCUT2D eigenvalue weighted by Crippen LogP contribution is -2.36. The van der Waals surface area contributed by atoms with Gasteiger partial charge in [0.05, 0.1) is 5.75 Å². The Hall–Kier alpha value is -1.60. The summed E-state index contributed by atoms with van der Waals surface area (Å²) in [7, 11) is 0. The number of carbonyl (C=O) groups excluding carboxylic acids is 1. The zero-order chi connectivity index (χ0) is 16.4. The molecule has 1 aromatic heterocycles. The van der Waals surface area contributed by atoms with Crippen LogP contribution in [0.3, 0.4) is 0 Å². The van der Waals surface area contributed by atoms with E-state index in [0.29, 0.717) is 11.8 Å². The van der Waals surface area contributed by atoms with Gasteiger partial charge < -0.3 is 10.2 Å². The summed E-state index contributed by atoms with van der Waals surface area (Å²) in [4.78, 5) is 14.5. The van der Waals surface area contributed by atoms with Crippen LogP contribution in [-0.4, -0.2) is 33.9 Å². The van der Waals surface area contributed by atoms with Crippen LogP contribution < -0.4 is 10.2 Å². The molecule has 2 heterocycles. The molecule has 23 heavy (non-hydrogen) atoms. The Bertz CT molecular complexity index is 701. The normalized spacial score (nSPS) is 16.7. The third-order valence-electron chi connectivity index (χ3n) is 3.61. The summed E-state index contributed by atoms with van der Waals surface area (Å²) in [6, 6.07) is 8.67. The number of para-hydroxylation sites is 1. The van der Waals surface area contributed by atoms with Crippen LogP contribution in [0.4, 0.5) is 10.8 Å². The first kappa shape index (κ1) is 16.3. The number of rotatable bonds is 5. The first-order chi connectivity index (χ1) is 11.0. The summed E-state index contributed by atoms with van der Waals surface area (Å²) < 4.78 is 0.821. The maximum Gasteiger partial charge on any atom is 0.237 e. The van der Waals surface area contributed by atoms with Crippen LogP contribution in [0, 0.1) is 0 Å². The van der Waals surface area contributed by atoms with E-state index in [1.165, 1.54) is 28.7 Å². The lowest BCUT2D eigenvalue weighted by molar-refractivity contribution is -0.116. The molecule has 1 amide bonds. The summed E-state index contributed by atoms with van der Waals surface area (Å²) in [6.45, 7) is 6.21. The Labute approximate surface area is 144 Å². The van der Waals surface area contributed by atoms with Crippen molar-refractivity contribution in [2.75, 3.05) is 16.0 Å². The van der Waals surface area contributed by atoms with Gasteiger partial charge in [0.15, 0.2) is 4.34 Å². The van der Waals surface area contributed by atoms with E-state index in [0.717, 1.165) is 21.6 Å². The lowest BCUT2D eigenvalue weighted by atomic mass is 10.1.